The maximum absolute atomic E-state index is 8.98. The first-order chi connectivity index (χ1) is 9.35. The zero-order valence-corrected chi connectivity index (χ0v) is 11.6. The maximum Gasteiger partial charge on any atom is 0.137 e. The van der Waals surface area contributed by atoms with Gasteiger partial charge in [-0.3, -0.25) is 0 Å². The molecule has 0 aliphatic carbocycles. The Labute approximate surface area is 115 Å². The van der Waals surface area contributed by atoms with E-state index in [-0.39, 0.29) is 0 Å². The Balaban J connectivity index is 1.74. The number of benzene rings is 1. The SMILES string of the molecule is CCC1CCCN1CCCOc1ccccc1C#N. The van der Waals surface area contributed by atoms with E-state index in [2.05, 4.69) is 17.9 Å². The standard InChI is InChI=1S/C16H22N2O/c1-2-15-8-5-10-18(15)11-6-12-19-16-9-4-3-7-14(16)13-17/h3-4,7,9,15H,2,5-6,8,10-12H2,1H3. The molecule has 0 bridgehead atoms. The molecule has 1 fully saturated rings. The van der Waals surface area contributed by atoms with Gasteiger partial charge in [-0.05, 0) is 44.4 Å². The second-order valence-electron chi connectivity index (χ2n) is 5.05. The lowest BCUT2D eigenvalue weighted by Gasteiger charge is -2.23. The molecular weight excluding hydrogens is 236 g/mol. The predicted octanol–water partition coefficient (Wildman–Crippen LogP) is 3.20. The minimum atomic E-state index is 0.620. The first-order valence-electron chi connectivity index (χ1n) is 7.21. The molecule has 1 heterocycles. The Morgan fingerprint density at radius 1 is 1.42 bits per heavy atom. The van der Waals surface area contributed by atoms with Crippen molar-refractivity contribution in [2.75, 3.05) is 19.7 Å². The molecule has 1 aromatic carbocycles. The van der Waals surface area contributed by atoms with E-state index in [9.17, 15) is 0 Å². The summed E-state index contributed by atoms with van der Waals surface area (Å²) in [4.78, 5) is 2.57. The number of rotatable bonds is 6. The quantitative estimate of drug-likeness (QED) is 0.735. The Hall–Kier alpha value is -1.53. The Morgan fingerprint density at radius 3 is 3.05 bits per heavy atom. The Kier molecular flexibility index (Phi) is 5.23. The van der Waals surface area contributed by atoms with Crippen LogP contribution in [0.25, 0.3) is 0 Å². The molecule has 1 aliphatic heterocycles. The molecule has 3 heteroatoms. The van der Waals surface area contributed by atoms with Crippen molar-refractivity contribution in [2.24, 2.45) is 0 Å². The van der Waals surface area contributed by atoms with Crippen LogP contribution in [0.4, 0.5) is 0 Å². The summed E-state index contributed by atoms with van der Waals surface area (Å²) in [6.07, 6.45) is 4.94. The van der Waals surface area contributed by atoms with Crippen LogP contribution in [0.15, 0.2) is 24.3 Å². The lowest BCUT2D eigenvalue weighted by molar-refractivity contribution is 0.217. The van der Waals surface area contributed by atoms with Crippen LogP contribution in [0.2, 0.25) is 0 Å². The van der Waals surface area contributed by atoms with Gasteiger partial charge < -0.3 is 9.64 Å². The number of para-hydroxylation sites is 1. The topological polar surface area (TPSA) is 36.3 Å². The highest BCUT2D eigenvalue weighted by Gasteiger charge is 2.21. The van der Waals surface area contributed by atoms with Gasteiger partial charge in [0.15, 0.2) is 0 Å². The molecule has 1 aliphatic rings. The van der Waals surface area contributed by atoms with E-state index in [0.717, 1.165) is 19.0 Å². The van der Waals surface area contributed by atoms with Gasteiger partial charge in [0.05, 0.1) is 12.2 Å². The van der Waals surface area contributed by atoms with Crippen molar-refractivity contribution < 1.29 is 4.74 Å². The van der Waals surface area contributed by atoms with Crippen molar-refractivity contribution in [3.8, 4) is 11.8 Å². The predicted molar refractivity (Wildman–Crippen MR) is 76.2 cm³/mol. The fraction of sp³-hybridized carbons (Fsp3) is 0.562. The summed E-state index contributed by atoms with van der Waals surface area (Å²) < 4.78 is 5.71. The van der Waals surface area contributed by atoms with E-state index < -0.39 is 0 Å². The minimum absolute atomic E-state index is 0.620. The van der Waals surface area contributed by atoms with E-state index in [4.69, 9.17) is 10.00 Å². The molecule has 102 valence electrons. The zero-order chi connectivity index (χ0) is 13.5. The van der Waals surface area contributed by atoms with Gasteiger partial charge in [-0.1, -0.05) is 19.1 Å². The summed E-state index contributed by atoms with van der Waals surface area (Å²) in [6.45, 7) is 5.29. The summed E-state index contributed by atoms with van der Waals surface area (Å²) >= 11 is 0. The van der Waals surface area contributed by atoms with Gasteiger partial charge >= 0.3 is 0 Å². The van der Waals surface area contributed by atoms with Crippen LogP contribution in [0.3, 0.4) is 0 Å². The number of hydrogen-bond donors (Lipinski definition) is 0. The number of nitriles is 1. The summed E-state index contributed by atoms with van der Waals surface area (Å²) in [5, 5.41) is 8.98. The average molecular weight is 258 g/mol. The lowest BCUT2D eigenvalue weighted by atomic mass is 10.2. The van der Waals surface area contributed by atoms with Crippen molar-refractivity contribution in [1.29, 1.82) is 5.26 Å². The molecule has 1 atom stereocenters. The Bertz CT molecular complexity index is 439. The average Bonchev–Trinajstić information content (AvgIpc) is 2.91. The van der Waals surface area contributed by atoms with Crippen molar-refractivity contribution in [1.82, 2.24) is 4.90 Å². The summed E-state index contributed by atoms with van der Waals surface area (Å²) in [5.74, 6) is 0.707. The van der Waals surface area contributed by atoms with Crippen molar-refractivity contribution in [2.45, 2.75) is 38.6 Å². The molecular formula is C16H22N2O. The highest BCUT2D eigenvalue weighted by molar-refractivity contribution is 5.42. The van der Waals surface area contributed by atoms with Crippen LogP contribution in [-0.2, 0) is 0 Å². The fourth-order valence-corrected chi connectivity index (χ4v) is 2.79. The molecule has 19 heavy (non-hydrogen) atoms. The van der Waals surface area contributed by atoms with Crippen LogP contribution in [0, 0.1) is 11.3 Å². The second kappa shape index (κ2) is 7.16. The van der Waals surface area contributed by atoms with Gasteiger partial charge in [0.2, 0.25) is 0 Å². The highest BCUT2D eigenvalue weighted by Crippen LogP contribution is 2.20. The lowest BCUT2D eigenvalue weighted by Crippen LogP contribution is -2.30. The van der Waals surface area contributed by atoms with Crippen LogP contribution >= 0.6 is 0 Å². The molecule has 0 saturated carbocycles. The fourth-order valence-electron chi connectivity index (χ4n) is 2.79. The van der Waals surface area contributed by atoms with Crippen molar-refractivity contribution in [3.05, 3.63) is 29.8 Å². The summed E-state index contributed by atoms with van der Waals surface area (Å²) in [6, 6.07) is 10.4. The maximum atomic E-state index is 8.98. The minimum Gasteiger partial charge on any atom is -0.492 e. The molecule has 1 aromatic rings. The van der Waals surface area contributed by atoms with Gasteiger partial charge in [-0.25, -0.2) is 0 Å². The second-order valence-corrected chi connectivity index (χ2v) is 5.05. The van der Waals surface area contributed by atoms with Crippen LogP contribution in [0.1, 0.15) is 38.2 Å². The van der Waals surface area contributed by atoms with E-state index in [1.165, 1.54) is 25.8 Å². The van der Waals surface area contributed by atoms with Gasteiger partial charge in [0, 0.05) is 12.6 Å². The molecule has 0 aromatic heterocycles. The molecule has 0 N–H and O–H groups in total. The molecule has 2 rings (SSSR count). The van der Waals surface area contributed by atoms with Crippen LogP contribution in [-0.4, -0.2) is 30.6 Å². The van der Waals surface area contributed by atoms with Crippen molar-refractivity contribution >= 4 is 0 Å². The van der Waals surface area contributed by atoms with Gasteiger partial charge in [0.25, 0.3) is 0 Å². The van der Waals surface area contributed by atoms with Gasteiger partial charge in [0.1, 0.15) is 11.8 Å². The smallest absolute Gasteiger partial charge is 0.137 e. The molecule has 0 radical (unpaired) electrons. The number of hydrogen-bond acceptors (Lipinski definition) is 3. The van der Waals surface area contributed by atoms with Gasteiger partial charge in [-0.2, -0.15) is 5.26 Å². The normalized spacial score (nSPS) is 19.3. The first-order valence-corrected chi connectivity index (χ1v) is 7.21. The molecule has 0 spiro atoms. The first kappa shape index (κ1) is 13.9. The third-order valence-electron chi connectivity index (χ3n) is 3.83. The molecule has 3 nitrogen and oxygen atoms in total. The molecule has 1 unspecified atom stereocenters. The van der Waals surface area contributed by atoms with Crippen molar-refractivity contribution in [3.63, 3.8) is 0 Å². The summed E-state index contributed by atoms with van der Waals surface area (Å²) in [5.41, 5.74) is 0.620. The van der Waals surface area contributed by atoms with E-state index in [1.54, 1.807) is 6.07 Å². The van der Waals surface area contributed by atoms with Gasteiger partial charge in [-0.15, -0.1) is 0 Å². The number of ether oxygens (including phenoxy) is 1. The third-order valence-corrected chi connectivity index (χ3v) is 3.83. The highest BCUT2D eigenvalue weighted by atomic mass is 16.5. The van der Waals surface area contributed by atoms with Crippen LogP contribution in [0.5, 0.6) is 5.75 Å². The number of likely N-dealkylation sites (tertiary alicyclic amines) is 1. The molecule has 1 saturated heterocycles. The van der Waals surface area contributed by atoms with Crippen LogP contribution < -0.4 is 4.74 Å². The largest absolute Gasteiger partial charge is 0.492 e. The Morgan fingerprint density at radius 2 is 2.26 bits per heavy atom. The summed E-state index contributed by atoms with van der Waals surface area (Å²) in [7, 11) is 0. The van der Waals surface area contributed by atoms with E-state index >= 15 is 0 Å². The zero-order valence-electron chi connectivity index (χ0n) is 11.6. The third kappa shape index (κ3) is 3.71. The van der Waals surface area contributed by atoms with E-state index in [0.29, 0.717) is 17.9 Å². The van der Waals surface area contributed by atoms with E-state index in [1.807, 2.05) is 18.2 Å². The molecule has 0 amide bonds. The number of nitrogens with zero attached hydrogens (tertiary/aromatic N) is 2. The monoisotopic (exact) mass is 258 g/mol.